The number of amides is 2. The fraction of sp³-hybridized carbons (Fsp3) is 0.192. The minimum Gasteiger partial charge on any atom is -0.463 e. The first-order valence-corrected chi connectivity index (χ1v) is 12.6. The van der Waals surface area contributed by atoms with Crippen LogP contribution in [-0.4, -0.2) is 35.5 Å². The van der Waals surface area contributed by atoms with Gasteiger partial charge in [-0.1, -0.05) is 59.3 Å². The van der Waals surface area contributed by atoms with Crippen molar-refractivity contribution in [1.29, 1.82) is 0 Å². The number of allylic oxidation sites excluding steroid dienone is 1. The summed E-state index contributed by atoms with van der Waals surface area (Å²) in [7, 11) is 0. The number of hydrogen-bond acceptors (Lipinski definition) is 7. The molecule has 2 aliphatic rings. The van der Waals surface area contributed by atoms with Crippen LogP contribution in [0.1, 0.15) is 31.0 Å². The Morgan fingerprint density at radius 1 is 1.14 bits per heavy atom. The van der Waals surface area contributed by atoms with Gasteiger partial charge in [-0.2, -0.15) is 0 Å². The minimum atomic E-state index is -0.910. The quantitative estimate of drug-likeness (QED) is 0.497. The number of fused-ring (bicyclic) bond motifs is 2. The van der Waals surface area contributed by atoms with Crippen LogP contribution in [-0.2, 0) is 19.1 Å². The molecule has 0 spiro atoms. The number of anilines is 1. The molecule has 11 heteroatoms. The molecule has 9 nitrogen and oxygen atoms in total. The number of aromatic nitrogens is 1. The van der Waals surface area contributed by atoms with E-state index in [1.54, 1.807) is 62.4 Å². The standard InChI is InChI=1S/C26H21ClN4O5S/c1-3-36-25(35)19-13(2)29-26-31(21(19)14-8-4-6-10-16(14)27)24(34)22(37-26)20-15-9-5-7-11-17(15)30(23(20)33)12-18(28)32/h4-11,21H,3,12H2,1-2H3,(H2,28,32)/b22-20-/t21-/m0/s1. The maximum absolute atomic E-state index is 14.0. The molecule has 2 amide bonds. The molecule has 0 saturated carbocycles. The molecule has 0 saturated heterocycles. The van der Waals surface area contributed by atoms with Crippen molar-refractivity contribution < 1.29 is 19.1 Å². The molecule has 0 radical (unpaired) electrons. The molecule has 5 rings (SSSR count). The average molecular weight is 537 g/mol. The van der Waals surface area contributed by atoms with Gasteiger partial charge in [0.2, 0.25) is 5.91 Å². The SMILES string of the molecule is CCOC(=O)C1=C(C)N=c2s/c(=C3\C(=O)N(CC(N)=O)c4ccccc43)c(=O)n2[C@H]1c1ccccc1Cl. The maximum Gasteiger partial charge on any atom is 0.338 e. The number of para-hydroxylation sites is 1. The fourth-order valence-electron chi connectivity index (χ4n) is 4.65. The van der Waals surface area contributed by atoms with E-state index in [0.29, 0.717) is 32.3 Å². The Labute approximate surface area is 219 Å². The first-order chi connectivity index (χ1) is 17.7. The van der Waals surface area contributed by atoms with E-state index in [9.17, 15) is 19.2 Å². The van der Waals surface area contributed by atoms with Gasteiger partial charge in [-0.05, 0) is 31.5 Å². The lowest BCUT2D eigenvalue weighted by Crippen LogP contribution is -2.41. The minimum absolute atomic E-state index is 0.137. The van der Waals surface area contributed by atoms with Gasteiger partial charge in [-0.3, -0.25) is 23.9 Å². The summed E-state index contributed by atoms with van der Waals surface area (Å²) in [5, 5.41) is 0.358. The molecule has 3 aromatic rings. The Kier molecular flexibility index (Phi) is 6.30. The summed E-state index contributed by atoms with van der Waals surface area (Å²) in [6.07, 6.45) is 0. The van der Waals surface area contributed by atoms with Crippen LogP contribution in [0.25, 0.3) is 5.57 Å². The number of primary amides is 1. The van der Waals surface area contributed by atoms with Crippen LogP contribution < -0.4 is 25.5 Å². The molecule has 2 aromatic carbocycles. The van der Waals surface area contributed by atoms with Crippen LogP contribution >= 0.6 is 22.9 Å². The van der Waals surface area contributed by atoms with Crippen molar-refractivity contribution in [2.24, 2.45) is 10.7 Å². The molecule has 2 N–H and O–H groups in total. The molecule has 0 unspecified atom stereocenters. The monoisotopic (exact) mass is 536 g/mol. The molecule has 1 atom stereocenters. The second kappa shape index (κ2) is 9.45. The maximum atomic E-state index is 14.0. The van der Waals surface area contributed by atoms with Crippen LogP contribution in [0.5, 0.6) is 0 Å². The van der Waals surface area contributed by atoms with E-state index in [1.165, 1.54) is 9.47 Å². The molecule has 0 fully saturated rings. The molecule has 0 aliphatic carbocycles. The van der Waals surface area contributed by atoms with Gasteiger partial charge >= 0.3 is 5.97 Å². The smallest absolute Gasteiger partial charge is 0.338 e. The molecular formula is C26H21ClN4O5S. The number of hydrogen-bond donors (Lipinski definition) is 1. The molecule has 2 aliphatic heterocycles. The van der Waals surface area contributed by atoms with Crippen LogP contribution in [0.15, 0.2) is 69.6 Å². The summed E-state index contributed by atoms with van der Waals surface area (Å²) in [6.45, 7) is 3.17. The lowest BCUT2D eigenvalue weighted by atomic mass is 9.96. The van der Waals surface area contributed by atoms with E-state index >= 15 is 0 Å². The fourth-order valence-corrected chi connectivity index (χ4v) is 6.02. The Balaban J connectivity index is 1.83. The average Bonchev–Trinajstić information content (AvgIpc) is 3.31. The van der Waals surface area contributed by atoms with Crippen molar-refractivity contribution >= 4 is 52.0 Å². The summed E-state index contributed by atoms with van der Waals surface area (Å²) in [5.41, 5.74) is 7.11. The number of nitrogens with zero attached hydrogens (tertiary/aromatic N) is 3. The zero-order chi connectivity index (χ0) is 26.4. The topological polar surface area (TPSA) is 124 Å². The molecule has 188 valence electrons. The number of carbonyl (C=O) groups is 3. The van der Waals surface area contributed by atoms with Gasteiger partial charge in [0.05, 0.1) is 29.1 Å². The Bertz CT molecular complexity index is 1700. The van der Waals surface area contributed by atoms with Gasteiger partial charge < -0.3 is 10.5 Å². The van der Waals surface area contributed by atoms with E-state index in [2.05, 4.69) is 4.99 Å². The summed E-state index contributed by atoms with van der Waals surface area (Å²) >= 11 is 7.57. The first kappa shape index (κ1) is 24.7. The summed E-state index contributed by atoms with van der Waals surface area (Å²) in [4.78, 5) is 58.3. The second-order valence-electron chi connectivity index (χ2n) is 8.39. The number of nitrogens with two attached hydrogens (primary N) is 1. The predicted molar refractivity (Wildman–Crippen MR) is 139 cm³/mol. The Morgan fingerprint density at radius 2 is 1.84 bits per heavy atom. The number of benzene rings is 2. The van der Waals surface area contributed by atoms with Crippen molar-refractivity contribution in [1.82, 2.24) is 4.57 Å². The largest absolute Gasteiger partial charge is 0.463 e. The number of carbonyl (C=O) groups excluding carboxylic acids is 3. The summed E-state index contributed by atoms with van der Waals surface area (Å²) in [6, 6.07) is 12.9. The lowest BCUT2D eigenvalue weighted by Gasteiger charge is -2.25. The molecule has 37 heavy (non-hydrogen) atoms. The van der Waals surface area contributed by atoms with E-state index in [0.717, 1.165) is 11.3 Å². The van der Waals surface area contributed by atoms with E-state index in [-0.39, 0.29) is 28.8 Å². The van der Waals surface area contributed by atoms with Gasteiger partial charge in [0.15, 0.2) is 4.80 Å². The van der Waals surface area contributed by atoms with Gasteiger partial charge in [0.1, 0.15) is 17.1 Å². The predicted octanol–water partition coefficient (Wildman–Crippen LogP) is 1.65. The highest BCUT2D eigenvalue weighted by atomic mass is 35.5. The van der Waals surface area contributed by atoms with Crippen LogP contribution in [0.3, 0.4) is 0 Å². The molecule has 3 heterocycles. The van der Waals surface area contributed by atoms with E-state index < -0.39 is 29.4 Å². The summed E-state index contributed by atoms with van der Waals surface area (Å²) < 4.78 is 6.81. The van der Waals surface area contributed by atoms with Crippen LogP contribution in [0.2, 0.25) is 5.02 Å². The third-order valence-electron chi connectivity index (χ3n) is 6.16. The highest BCUT2D eigenvalue weighted by Gasteiger charge is 2.38. The van der Waals surface area contributed by atoms with Crippen molar-refractivity contribution in [3.8, 4) is 0 Å². The second-order valence-corrected chi connectivity index (χ2v) is 9.78. The van der Waals surface area contributed by atoms with E-state index in [1.807, 2.05) is 0 Å². The zero-order valence-corrected chi connectivity index (χ0v) is 21.4. The van der Waals surface area contributed by atoms with Gasteiger partial charge in [-0.25, -0.2) is 9.79 Å². The molecule has 1 aromatic heterocycles. The van der Waals surface area contributed by atoms with Gasteiger partial charge in [0, 0.05) is 10.6 Å². The van der Waals surface area contributed by atoms with Gasteiger partial charge in [-0.15, -0.1) is 0 Å². The highest BCUT2D eigenvalue weighted by Crippen LogP contribution is 2.36. The number of esters is 1. The zero-order valence-electron chi connectivity index (χ0n) is 19.9. The Morgan fingerprint density at radius 3 is 2.54 bits per heavy atom. The third-order valence-corrected chi connectivity index (χ3v) is 7.55. The third kappa shape index (κ3) is 3.98. The van der Waals surface area contributed by atoms with Crippen molar-refractivity contribution in [3.05, 3.63) is 95.6 Å². The normalized spacial score (nSPS) is 17.9. The Hall–Kier alpha value is -4.02. The highest BCUT2D eigenvalue weighted by molar-refractivity contribution is 7.07. The van der Waals surface area contributed by atoms with Crippen molar-refractivity contribution in [2.45, 2.75) is 19.9 Å². The van der Waals surface area contributed by atoms with Crippen LogP contribution in [0, 0.1) is 0 Å². The number of ether oxygens (including phenoxy) is 1. The lowest BCUT2D eigenvalue weighted by molar-refractivity contribution is -0.139. The molecule has 0 bridgehead atoms. The van der Waals surface area contributed by atoms with E-state index in [4.69, 9.17) is 22.1 Å². The number of halogens is 1. The van der Waals surface area contributed by atoms with Crippen LogP contribution in [0.4, 0.5) is 5.69 Å². The first-order valence-electron chi connectivity index (χ1n) is 11.4. The van der Waals surface area contributed by atoms with Crippen molar-refractivity contribution in [3.63, 3.8) is 0 Å². The summed E-state index contributed by atoms with van der Waals surface area (Å²) in [5.74, 6) is -1.80. The number of thiazole rings is 1. The number of rotatable bonds is 5. The van der Waals surface area contributed by atoms with Crippen molar-refractivity contribution in [2.75, 3.05) is 18.1 Å². The van der Waals surface area contributed by atoms with Gasteiger partial charge in [0.25, 0.3) is 11.5 Å². The molecular weight excluding hydrogens is 516 g/mol.